The maximum Gasteiger partial charge on any atom is 0.412 e. The summed E-state index contributed by atoms with van der Waals surface area (Å²) < 4.78 is 8.10. The van der Waals surface area contributed by atoms with Crippen molar-refractivity contribution in [1.82, 2.24) is 19.4 Å². The fourth-order valence-corrected chi connectivity index (χ4v) is 5.14. The Balaban J connectivity index is 1.61. The van der Waals surface area contributed by atoms with E-state index in [0.717, 1.165) is 18.9 Å². The molecule has 2 heterocycles. The molecule has 1 unspecified atom stereocenters. The highest BCUT2D eigenvalue weighted by atomic mass is 16.6. The first-order chi connectivity index (χ1) is 22.4. The van der Waals surface area contributed by atoms with Gasteiger partial charge in [0.25, 0.3) is 11.1 Å². The molecule has 2 amide bonds. The molecule has 0 radical (unpaired) electrons. The topological polar surface area (TPSA) is 158 Å². The lowest BCUT2D eigenvalue weighted by atomic mass is 9.98. The summed E-state index contributed by atoms with van der Waals surface area (Å²) in [5.74, 6) is -1.59. The minimum Gasteiger partial charge on any atom is -0.444 e. The van der Waals surface area contributed by atoms with Crippen LogP contribution in [-0.4, -0.2) is 49.8 Å². The number of allylic oxidation sites excluding steroid dienone is 3. The third-order valence-electron chi connectivity index (χ3n) is 7.37. The van der Waals surface area contributed by atoms with Crippen molar-refractivity contribution >= 4 is 35.0 Å². The first-order valence-corrected chi connectivity index (χ1v) is 15.5. The zero-order valence-electron chi connectivity index (χ0n) is 26.9. The monoisotopic (exact) mass is 641 g/mol. The van der Waals surface area contributed by atoms with E-state index in [9.17, 15) is 28.8 Å². The van der Waals surface area contributed by atoms with Gasteiger partial charge in [-0.05, 0) is 51.8 Å². The van der Waals surface area contributed by atoms with Crippen LogP contribution in [0.15, 0.2) is 88.2 Å². The average molecular weight is 642 g/mol. The number of hydrogen-bond donors (Lipinski definition) is 2. The Kier molecular flexibility index (Phi) is 11.2. The molecule has 246 valence electrons. The largest absolute Gasteiger partial charge is 0.444 e. The zero-order chi connectivity index (χ0) is 34.1. The predicted molar refractivity (Wildman–Crippen MR) is 178 cm³/mol. The summed E-state index contributed by atoms with van der Waals surface area (Å²) in [4.78, 5) is 81.7. The number of anilines is 1. The molecular weight excluding hydrogens is 602 g/mol. The first kappa shape index (κ1) is 34.5. The standard InChI is InChI=1S/C35H39N5O7/c1-5-6-14-24(16-19-29(42)36-21-25-27(17-18-28(41)31(25)44)39-20-11-10-15-30(39)43)40-32(23-12-8-7-9-13-23)37-22-26(33(40)45)38-34(46)47-35(2,3)4/h7-13,15,17-18,20,22,24H,5-6,14,16,19,21H2,1-4H3,(H,36,42)(H,38,46). The highest BCUT2D eigenvalue weighted by Crippen LogP contribution is 2.27. The number of benzene rings is 1. The number of nitrogens with one attached hydrogen (secondary N) is 2. The first-order valence-electron chi connectivity index (χ1n) is 15.5. The van der Waals surface area contributed by atoms with Crippen LogP contribution in [0.2, 0.25) is 0 Å². The van der Waals surface area contributed by atoms with Gasteiger partial charge >= 0.3 is 6.09 Å². The molecule has 2 N–H and O–H groups in total. The van der Waals surface area contributed by atoms with Crippen LogP contribution in [0.4, 0.5) is 10.5 Å². The molecule has 0 bridgehead atoms. The Labute approximate surface area is 272 Å². The molecule has 2 aromatic heterocycles. The Morgan fingerprint density at radius 2 is 1.68 bits per heavy atom. The normalized spacial score (nSPS) is 13.8. The minimum absolute atomic E-state index is 0.00520. The van der Waals surface area contributed by atoms with E-state index in [1.165, 1.54) is 33.7 Å². The summed E-state index contributed by atoms with van der Waals surface area (Å²) in [6, 6.07) is 13.2. The molecule has 4 rings (SSSR count). The van der Waals surface area contributed by atoms with E-state index in [-0.39, 0.29) is 36.3 Å². The van der Waals surface area contributed by atoms with E-state index in [2.05, 4.69) is 15.6 Å². The lowest BCUT2D eigenvalue weighted by Crippen LogP contribution is -2.35. The minimum atomic E-state index is -0.807. The number of ether oxygens (including phenoxy) is 1. The fraction of sp³-hybridized carbons (Fsp3) is 0.343. The summed E-state index contributed by atoms with van der Waals surface area (Å²) in [7, 11) is 0. The SMILES string of the molecule is CCCCC(CCC(=O)NCC1=C(n2ccccc2=O)C=CC(=O)C1=O)n1c(-c2ccccc2)ncc(NC(=O)OC(C)(C)C)c1=O. The van der Waals surface area contributed by atoms with E-state index in [1.807, 2.05) is 37.3 Å². The zero-order valence-corrected chi connectivity index (χ0v) is 26.9. The molecule has 47 heavy (non-hydrogen) atoms. The van der Waals surface area contributed by atoms with Crippen LogP contribution in [0.1, 0.15) is 65.8 Å². The second-order valence-electron chi connectivity index (χ2n) is 12.1. The highest BCUT2D eigenvalue weighted by molar-refractivity contribution is 6.50. The summed E-state index contributed by atoms with van der Waals surface area (Å²) in [6.07, 6.45) is 6.82. The number of Topliss-reactive ketones (excluding diaryl/α,β-unsaturated/α-hetero) is 1. The molecule has 0 aliphatic heterocycles. The Hall–Kier alpha value is -5.39. The third kappa shape index (κ3) is 8.87. The molecule has 0 spiro atoms. The number of unbranched alkanes of at least 4 members (excludes halogenated alkanes) is 1. The van der Waals surface area contributed by atoms with Gasteiger partial charge in [-0.3, -0.25) is 38.4 Å². The second kappa shape index (κ2) is 15.3. The van der Waals surface area contributed by atoms with E-state index in [1.54, 1.807) is 32.9 Å². The number of rotatable bonds is 12. The third-order valence-corrected chi connectivity index (χ3v) is 7.37. The number of hydrogen-bond acceptors (Lipinski definition) is 8. The van der Waals surface area contributed by atoms with Gasteiger partial charge in [-0.15, -0.1) is 0 Å². The summed E-state index contributed by atoms with van der Waals surface area (Å²) >= 11 is 0. The number of carbonyl (C=O) groups is 4. The lowest BCUT2D eigenvalue weighted by molar-refractivity contribution is -0.131. The van der Waals surface area contributed by atoms with Crippen molar-refractivity contribution in [3.8, 4) is 11.4 Å². The molecular formula is C35H39N5O7. The smallest absolute Gasteiger partial charge is 0.412 e. The Bertz CT molecular complexity index is 1830. The quantitative estimate of drug-likeness (QED) is 0.213. The fourth-order valence-electron chi connectivity index (χ4n) is 5.14. The number of carbonyl (C=O) groups excluding carboxylic acids is 4. The van der Waals surface area contributed by atoms with Crippen molar-refractivity contribution in [2.24, 2.45) is 0 Å². The van der Waals surface area contributed by atoms with Gasteiger partial charge in [0.15, 0.2) is 0 Å². The van der Waals surface area contributed by atoms with E-state index < -0.39 is 46.3 Å². The second-order valence-corrected chi connectivity index (χ2v) is 12.1. The molecule has 1 atom stereocenters. The Morgan fingerprint density at radius 3 is 2.36 bits per heavy atom. The number of pyridine rings is 1. The average Bonchev–Trinajstić information content (AvgIpc) is 3.03. The van der Waals surface area contributed by atoms with Gasteiger partial charge in [-0.25, -0.2) is 9.78 Å². The van der Waals surface area contributed by atoms with Crippen LogP contribution in [0, 0.1) is 0 Å². The molecule has 1 aliphatic rings. The summed E-state index contributed by atoms with van der Waals surface area (Å²) in [5.41, 5.74) is -0.842. The summed E-state index contributed by atoms with van der Waals surface area (Å²) in [5, 5.41) is 5.23. The van der Waals surface area contributed by atoms with Gasteiger partial charge in [-0.2, -0.15) is 0 Å². The maximum absolute atomic E-state index is 14.0. The molecule has 0 saturated carbocycles. The van der Waals surface area contributed by atoms with Crippen molar-refractivity contribution in [1.29, 1.82) is 0 Å². The molecule has 1 aliphatic carbocycles. The molecule has 1 aromatic carbocycles. The number of nitrogens with zero attached hydrogens (tertiary/aromatic N) is 3. The highest BCUT2D eigenvalue weighted by Gasteiger charge is 2.27. The van der Waals surface area contributed by atoms with Crippen LogP contribution in [-0.2, 0) is 19.1 Å². The predicted octanol–water partition coefficient (Wildman–Crippen LogP) is 4.67. The van der Waals surface area contributed by atoms with E-state index in [0.29, 0.717) is 17.8 Å². The van der Waals surface area contributed by atoms with Crippen LogP contribution in [0.3, 0.4) is 0 Å². The van der Waals surface area contributed by atoms with Crippen molar-refractivity contribution < 1.29 is 23.9 Å². The lowest BCUT2D eigenvalue weighted by Gasteiger charge is -2.24. The van der Waals surface area contributed by atoms with Gasteiger partial charge in [0, 0.05) is 42.4 Å². The molecule has 12 nitrogen and oxygen atoms in total. The van der Waals surface area contributed by atoms with Crippen LogP contribution < -0.4 is 21.8 Å². The van der Waals surface area contributed by atoms with Crippen LogP contribution in [0.25, 0.3) is 17.1 Å². The molecule has 0 fully saturated rings. The Morgan fingerprint density at radius 1 is 0.957 bits per heavy atom. The number of ketones is 2. The van der Waals surface area contributed by atoms with Crippen LogP contribution in [0.5, 0.6) is 0 Å². The van der Waals surface area contributed by atoms with Gasteiger partial charge < -0.3 is 10.1 Å². The van der Waals surface area contributed by atoms with Gasteiger partial charge in [-0.1, -0.05) is 56.2 Å². The van der Waals surface area contributed by atoms with E-state index in [4.69, 9.17) is 4.74 Å². The molecule has 12 heteroatoms. The molecule has 0 saturated heterocycles. The van der Waals surface area contributed by atoms with E-state index >= 15 is 0 Å². The molecule has 3 aromatic rings. The van der Waals surface area contributed by atoms with Crippen molar-refractivity contribution in [3.05, 3.63) is 99.4 Å². The van der Waals surface area contributed by atoms with Crippen molar-refractivity contribution in [2.45, 2.75) is 71.4 Å². The summed E-state index contributed by atoms with van der Waals surface area (Å²) in [6.45, 7) is 6.89. The number of amides is 2. The van der Waals surface area contributed by atoms with Crippen molar-refractivity contribution in [2.75, 3.05) is 11.9 Å². The number of aromatic nitrogens is 3. The maximum atomic E-state index is 14.0. The van der Waals surface area contributed by atoms with Crippen LogP contribution >= 0.6 is 0 Å². The van der Waals surface area contributed by atoms with Crippen molar-refractivity contribution in [3.63, 3.8) is 0 Å². The van der Waals surface area contributed by atoms with Gasteiger partial charge in [0.1, 0.15) is 17.1 Å². The van der Waals surface area contributed by atoms with Gasteiger partial charge in [0.2, 0.25) is 17.5 Å². The van der Waals surface area contributed by atoms with Gasteiger partial charge in [0.05, 0.1) is 11.9 Å².